The number of H-pyrrole nitrogens is 1. The van der Waals surface area contributed by atoms with Gasteiger partial charge >= 0.3 is 0 Å². The Morgan fingerprint density at radius 2 is 1.81 bits per heavy atom. The lowest BCUT2D eigenvalue weighted by Gasteiger charge is -2.25. The molecule has 7 nitrogen and oxygen atoms in total. The van der Waals surface area contributed by atoms with Crippen molar-refractivity contribution in [2.45, 2.75) is 11.2 Å². The fourth-order valence-electron chi connectivity index (χ4n) is 3.62. The van der Waals surface area contributed by atoms with Gasteiger partial charge in [-0.2, -0.15) is 4.98 Å². The second-order valence-corrected chi connectivity index (χ2v) is 8.11. The van der Waals surface area contributed by atoms with Crippen LogP contribution in [0.1, 0.15) is 17.2 Å². The Balaban J connectivity index is 1.42. The lowest BCUT2D eigenvalue weighted by molar-refractivity contribution is -0.131. The second kappa shape index (κ2) is 8.16. The van der Waals surface area contributed by atoms with Crippen molar-refractivity contribution in [2.75, 3.05) is 11.5 Å². The largest absolute Gasteiger partial charge is 0.368 e. The van der Waals surface area contributed by atoms with Crippen LogP contribution in [0.3, 0.4) is 0 Å². The highest BCUT2D eigenvalue weighted by Crippen LogP contribution is 2.33. The van der Waals surface area contributed by atoms with Gasteiger partial charge in [0.05, 0.1) is 17.5 Å². The van der Waals surface area contributed by atoms with E-state index in [0.29, 0.717) is 5.16 Å². The summed E-state index contributed by atoms with van der Waals surface area (Å²) in [6.45, 7) is 0. The first-order valence-electron chi connectivity index (χ1n) is 9.83. The number of nitrogens with two attached hydrogens (primary N) is 1. The monoisotopic (exact) mass is 428 g/mol. The zero-order chi connectivity index (χ0) is 21.2. The molecule has 154 valence electrons. The number of rotatable bonds is 5. The lowest BCUT2D eigenvalue weighted by atomic mass is 10.0. The van der Waals surface area contributed by atoms with Gasteiger partial charge in [0, 0.05) is 0 Å². The highest BCUT2D eigenvalue weighted by atomic mass is 32.2. The Bertz CT molecular complexity index is 1270. The van der Waals surface area contributed by atoms with Gasteiger partial charge in [0.15, 0.2) is 0 Å². The second-order valence-electron chi connectivity index (χ2n) is 7.17. The molecule has 0 saturated heterocycles. The molecule has 0 unspecified atom stereocenters. The number of nitrogen functional groups attached to an aromatic ring is 1. The number of benzene rings is 3. The smallest absolute Gasteiger partial charge is 0.252 e. The van der Waals surface area contributed by atoms with Gasteiger partial charge in [0.25, 0.3) is 5.91 Å². The number of carbonyl (C=O) groups is 1. The van der Waals surface area contributed by atoms with Gasteiger partial charge in [0.2, 0.25) is 11.1 Å². The van der Waals surface area contributed by atoms with Crippen molar-refractivity contribution in [3.8, 4) is 0 Å². The van der Waals surface area contributed by atoms with Gasteiger partial charge < -0.3 is 5.73 Å². The number of carbonyl (C=O) groups excluding carboxylic acids is 1. The predicted octanol–water partition coefficient (Wildman–Crippen LogP) is 3.76. The molecule has 2 heterocycles. The first kappa shape index (κ1) is 19.2. The van der Waals surface area contributed by atoms with Crippen LogP contribution in [0.15, 0.2) is 84.0 Å². The highest BCUT2D eigenvalue weighted by Gasteiger charge is 2.30. The minimum atomic E-state index is -0.215. The van der Waals surface area contributed by atoms with Crippen LogP contribution in [0, 0.1) is 0 Å². The zero-order valence-electron chi connectivity index (χ0n) is 16.5. The van der Waals surface area contributed by atoms with Crippen molar-refractivity contribution >= 4 is 40.1 Å². The fraction of sp³-hybridized carbons (Fsp3) is 0.0870. The van der Waals surface area contributed by atoms with Crippen LogP contribution in [-0.4, -0.2) is 31.9 Å². The Morgan fingerprint density at radius 1 is 1.03 bits per heavy atom. The van der Waals surface area contributed by atoms with Crippen LogP contribution >= 0.6 is 11.8 Å². The summed E-state index contributed by atoms with van der Waals surface area (Å²) in [6, 6.07) is 24.3. The van der Waals surface area contributed by atoms with Gasteiger partial charge in [-0.3, -0.25) is 10.2 Å². The van der Waals surface area contributed by atoms with Crippen LogP contribution in [0.25, 0.3) is 16.5 Å². The van der Waals surface area contributed by atoms with E-state index in [1.807, 2.05) is 42.5 Å². The molecule has 1 aliphatic rings. The van der Waals surface area contributed by atoms with Crippen LogP contribution in [0.5, 0.6) is 0 Å². The van der Waals surface area contributed by atoms with Gasteiger partial charge in [-0.15, -0.1) is 5.10 Å². The molecule has 4 aromatic rings. The van der Waals surface area contributed by atoms with E-state index in [-0.39, 0.29) is 23.7 Å². The van der Waals surface area contributed by atoms with Crippen molar-refractivity contribution in [3.05, 3.63) is 90.0 Å². The maximum atomic E-state index is 13.1. The van der Waals surface area contributed by atoms with Crippen molar-refractivity contribution in [1.29, 1.82) is 0 Å². The molecule has 0 spiro atoms. The predicted molar refractivity (Wildman–Crippen MR) is 123 cm³/mol. The number of thioether (sulfide) groups is 1. The number of nitrogens with one attached hydrogen (secondary N) is 2. The van der Waals surface area contributed by atoms with E-state index in [1.54, 1.807) is 5.01 Å². The molecule has 1 atom stereocenters. The SMILES string of the molecule is Nc1nc(SCC(=O)N2NC(c3ccc4ccccc4c3)=C[C@@H]2c2ccccc2)n[nH]1. The quantitative estimate of drug-likeness (QED) is 0.419. The maximum absolute atomic E-state index is 13.1. The zero-order valence-corrected chi connectivity index (χ0v) is 17.3. The summed E-state index contributed by atoms with van der Waals surface area (Å²) < 4.78 is 0. The molecule has 0 radical (unpaired) electrons. The summed E-state index contributed by atoms with van der Waals surface area (Å²) in [5.74, 6) is 0.345. The van der Waals surface area contributed by atoms with Crippen LogP contribution in [0.2, 0.25) is 0 Å². The minimum Gasteiger partial charge on any atom is -0.368 e. The molecular weight excluding hydrogens is 408 g/mol. The van der Waals surface area contributed by atoms with E-state index in [2.05, 4.69) is 57.0 Å². The first-order valence-corrected chi connectivity index (χ1v) is 10.8. The van der Waals surface area contributed by atoms with Crippen LogP contribution < -0.4 is 11.2 Å². The maximum Gasteiger partial charge on any atom is 0.252 e. The minimum absolute atomic E-state index is 0.0748. The molecule has 31 heavy (non-hydrogen) atoms. The summed E-state index contributed by atoms with van der Waals surface area (Å²) in [5, 5.41) is 11.0. The van der Waals surface area contributed by atoms with E-state index < -0.39 is 0 Å². The molecule has 8 heteroatoms. The molecule has 0 saturated carbocycles. The van der Waals surface area contributed by atoms with E-state index in [0.717, 1.165) is 22.2 Å². The Morgan fingerprint density at radius 3 is 2.58 bits per heavy atom. The number of hydrogen-bond acceptors (Lipinski definition) is 6. The summed E-state index contributed by atoms with van der Waals surface area (Å²) >= 11 is 1.24. The van der Waals surface area contributed by atoms with E-state index in [4.69, 9.17) is 5.73 Å². The molecule has 0 aliphatic carbocycles. The number of aromatic amines is 1. The number of aromatic nitrogens is 3. The van der Waals surface area contributed by atoms with Gasteiger partial charge in [-0.25, -0.2) is 10.1 Å². The van der Waals surface area contributed by atoms with E-state index >= 15 is 0 Å². The summed E-state index contributed by atoms with van der Waals surface area (Å²) in [5.41, 5.74) is 11.9. The lowest BCUT2D eigenvalue weighted by Crippen LogP contribution is -2.40. The van der Waals surface area contributed by atoms with Crippen LogP contribution in [0.4, 0.5) is 5.95 Å². The average molecular weight is 429 g/mol. The van der Waals surface area contributed by atoms with Crippen molar-refractivity contribution in [2.24, 2.45) is 0 Å². The first-order chi connectivity index (χ1) is 15.2. The van der Waals surface area contributed by atoms with E-state index in [1.165, 1.54) is 17.1 Å². The Hall–Kier alpha value is -3.78. The molecule has 0 fully saturated rings. The normalized spacial score (nSPS) is 15.7. The Kier molecular flexibility index (Phi) is 5.05. The third-order valence-electron chi connectivity index (χ3n) is 5.12. The van der Waals surface area contributed by atoms with E-state index in [9.17, 15) is 4.79 Å². The van der Waals surface area contributed by atoms with Crippen molar-refractivity contribution < 1.29 is 4.79 Å². The Labute approximate surface area is 183 Å². The number of anilines is 1. The van der Waals surface area contributed by atoms with Gasteiger partial charge in [-0.05, 0) is 34.0 Å². The number of fused-ring (bicyclic) bond motifs is 1. The summed E-state index contributed by atoms with van der Waals surface area (Å²) in [7, 11) is 0. The summed E-state index contributed by atoms with van der Waals surface area (Å²) in [4.78, 5) is 17.2. The third kappa shape index (κ3) is 3.97. The van der Waals surface area contributed by atoms with Crippen LogP contribution in [-0.2, 0) is 4.79 Å². The number of nitrogens with zero attached hydrogens (tertiary/aromatic N) is 3. The molecule has 1 aromatic heterocycles. The topological polar surface area (TPSA) is 99.9 Å². The van der Waals surface area contributed by atoms with Gasteiger partial charge in [-0.1, -0.05) is 78.5 Å². The molecule has 1 amide bonds. The molecule has 4 N–H and O–H groups in total. The number of hydrogen-bond donors (Lipinski definition) is 3. The molecule has 1 aliphatic heterocycles. The third-order valence-corrected chi connectivity index (χ3v) is 5.95. The average Bonchev–Trinajstić information content (AvgIpc) is 3.44. The summed E-state index contributed by atoms with van der Waals surface area (Å²) in [6.07, 6.45) is 2.09. The standard InChI is InChI=1S/C23H20N6OS/c24-22-25-23(27-26-22)31-14-21(30)29-20(16-7-2-1-3-8-16)13-19(28-29)18-11-10-15-6-4-5-9-17(15)12-18/h1-13,20,28H,14H2,(H3,24,25,26,27)/t20-/m1/s1. The number of hydrazine groups is 1. The van der Waals surface area contributed by atoms with Crippen molar-refractivity contribution in [3.63, 3.8) is 0 Å². The molecule has 5 rings (SSSR count). The number of amides is 1. The molecular formula is C23H20N6OS. The highest BCUT2D eigenvalue weighted by molar-refractivity contribution is 7.99. The fourth-order valence-corrected chi connectivity index (χ4v) is 4.28. The van der Waals surface area contributed by atoms with Gasteiger partial charge in [0.1, 0.15) is 0 Å². The molecule has 0 bridgehead atoms. The van der Waals surface area contributed by atoms with Crippen molar-refractivity contribution in [1.82, 2.24) is 25.6 Å². The molecule has 3 aromatic carbocycles.